The van der Waals surface area contributed by atoms with E-state index in [4.69, 9.17) is 20.8 Å². The Bertz CT molecular complexity index is 64.5. The molecule has 12 heavy (non-hydrogen) atoms. The van der Waals surface area contributed by atoms with E-state index in [2.05, 4.69) is 8.93 Å². The Hall–Kier alpha value is 1.48. The maximum Gasteiger partial charge on any atom is 1.00 e. The minimum absolute atomic E-state index is 0. The van der Waals surface area contributed by atoms with Gasteiger partial charge in [0.25, 0.3) is 0 Å². The number of hydrogen-bond donors (Lipinski definition) is 0. The van der Waals surface area contributed by atoms with E-state index in [-0.39, 0.29) is 87.2 Å². The van der Waals surface area contributed by atoms with Gasteiger partial charge in [0.05, 0.1) is 0 Å². The summed E-state index contributed by atoms with van der Waals surface area (Å²) in [7, 11) is 2.80. The summed E-state index contributed by atoms with van der Waals surface area (Å²) >= 11 is 0. The Balaban J connectivity index is -0.00000000409. The van der Waals surface area contributed by atoms with Gasteiger partial charge < -0.3 is 17.8 Å². The van der Waals surface area contributed by atoms with Crippen LogP contribution in [0.4, 0.5) is 0 Å². The van der Waals surface area contributed by atoms with Crippen LogP contribution in [0.15, 0.2) is 0 Å². The predicted octanol–water partition coefficient (Wildman–Crippen LogP) is -0.0488. The van der Waals surface area contributed by atoms with E-state index in [0.717, 1.165) is 0 Å². The van der Waals surface area contributed by atoms with Crippen LogP contribution in [0, 0.1) is 9.93 Å². The molecule has 1 atom stereocenters. The van der Waals surface area contributed by atoms with Crippen LogP contribution in [-0.2, 0) is 9.59 Å². The Kier molecular flexibility index (Phi) is 1120. The summed E-state index contributed by atoms with van der Waals surface area (Å²) in [6.07, 6.45) is 0.250. The van der Waals surface area contributed by atoms with Crippen molar-refractivity contribution in [2.24, 2.45) is 0 Å². The summed E-state index contributed by atoms with van der Waals surface area (Å²) in [5.74, 6) is 0. The molecule has 0 amide bonds. The van der Waals surface area contributed by atoms with E-state index in [1.165, 1.54) is 0 Å². The third kappa shape index (κ3) is 578. The predicted molar refractivity (Wildman–Crippen MR) is 56.7 cm³/mol. The van der Waals surface area contributed by atoms with Crippen molar-refractivity contribution in [3.05, 3.63) is 9.93 Å². The molecule has 0 bridgehead atoms. The molecule has 0 aromatic heterocycles. The van der Waals surface area contributed by atoms with E-state index in [1.54, 1.807) is 0 Å². The molecule has 0 aromatic carbocycles. The quantitative estimate of drug-likeness (QED) is 0.443. The van der Waals surface area contributed by atoms with E-state index in [0.29, 0.717) is 8.87 Å². The van der Waals surface area contributed by atoms with Crippen molar-refractivity contribution in [1.82, 2.24) is 0 Å². The van der Waals surface area contributed by atoms with Crippen LogP contribution >= 0.6 is 17.8 Å². The van der Waals surface area contributed by atoms with Crippen molar-refractivity contribution in [2.45, 2.75) is 29.7 Å². The van der Waals surface area contributed by atoms with E-state index < -0.39 is 0 Å². The molecular weight excluding hydrogens is 225 g/mol. The van der Waals surface area contributed by atoms with Gasteiger partial charge in [-0.1, -0.05) is 29.7 Å². The van der Waals surface area contributed by atoms with E-state index >= 15 is 0 Å². The molecular formula is C5H19KO4P2. The van der Waals surface area contributed by atoms with Gasteiger partial charge in [0.15, 0.2) is 0 Å². The van der Waals surface area contributed by atoms with Crippen LogP contribution in [0.3, 0.4) is 0 Å². The molecule has 0 heterocycles. The van der Waals surface area contributed by atoms with Crippen LogP contribution in [-0.4, -0.2) is 7.43 Å². The second-order valence-electron chi connectivity index (χ2n) is 0.0833. The van der Waals surface area contributed by atoms with E-state index in [9.17, 15) is 0 Å². The molecule has 0 radical (unpaired) electrons. The van der Waals surface area contributed by atoms with Gasteiger partial charge in [-0.15, -0.1) is 0 Å². The average molecular weight is 245 g/mol. The third-order valence-corrected chi connectivity index (χ3v) is 0. The van der Waals surface area contributed by atoms with Gasteiger partial charge in [0.1, 0.15) is 0 Å². The van der Waals surface area contributed by atoms with Gasteiger partial charge in [0.2, 0.25) is 0 Å². The molecule has 0 aliphatic rings. The minimum atomic E-state index is 0. The van der Waals surface area contributed by atoms with Crippen molar-refractivity contribution >= 4 is 24.0 Å². The summed E-state index contributed by atoms with van der Waals surface area (Å²) in [5, 5.41) is 0. The average Bonchev–Trinajstić information content (AvgIpc) is 1.75. The van der Waals surface area contributed by atoms with Gasteiger partial charge in [-0.05, 0) is 0 Å². The first kappa shape index (κ1) is 50.0. The molecule has 0 spiro atoms. The molecule has 0 saturated carbocycles. The largest absolute Gasteiger partial charge is 1.00 e. The summed E-state index contributed by atoms with van der Waals surface area (Å²) < 4.78 is 6.14. The molecule has 7 heteroatoms. The third-order valence-electron chi connectivity index (χ3n) is 0. The fourth-order valence-electron chi connectivity index (χ4n) is 0. The van der Waals surface area contributed by atoms with Gasteiger partial charge in [-0.25, -0.2) is 1.28 Å². The second-order valence-corrected chi connectivity index (χ2v) is 0.0833. The molecule has 74 valence electrons. The Morgan fingerprint density at radius 1 is 1.08 bits per heavy atom. The monoisotopic (exact) mass is 245 g/mol. The normalized spacial score (nSPS) is 3.58. The van der Waals surface area contributed by atoms with Crippen molar-refractivity contribution in [2.75, 3.05) is 0 Å². The van der Waals surface area contributed by atoms with Gasteiger partial charge in [-0.2, -0.15) is 9.59 Å². The fraction of sp³-hybridized carbons (Fsp3) is 0.800. The molecule has 0 N–H and O–H groups in total. The zero-order chi connectivity index (χ0) is 7.41. The Morgan fingerprint density at radius 2 is 1.08 bits per heavy atom. The van der Waals surface area contributed by atoms with Crippen LogP contribution in [0.5, 0.6) is 0 Å². The zero-order valence-corrected chi connectivity index (χ0v) is 9.33. The van der Waals surface area contributed by atoms with E-state index in [1.807, 2.05) is 0 Å². The van der Waals surface area contributed by atoms with Gasteiger partial charge in [-0.3, -0.25) is 0 Å². The number of hydrogen-bond acceptors (Lipinski definition) is 4. The van der Waals surface area contributed by atoms with Crippen LogP contribution < -0.4 is 51.4 Å². The molecule has 4 nitrogen and oxygen atoms in total. The van der Waals surface area contributed by atoms with Crippen LogP contribution in [0.25, 0.3) is 0 Å². The molecule has 0 fully saturated rings. The van der Waals surface area contributed by atoms with Gasteiger partial charge in [0, 0.05) is 9.93 Å². The molecule has 0 rings (SSSR count). The van der Waals surface area contributed by atoms with Crippen molar-refractivity contribution in [3.63, 3.8) is 0 Å². The SMILES string of the molecule is C.C.C.C.O=C=O.O=O.[2H][P-]P.[K+]. The first-order valence-electron chi connectivity index (χ1n) is 1.28. The smallest absolute Gasteiger partial charge is 0.533 e. The summed E-state index contributed by atoms with van der Waals surface area (Å²) in [4.78, 5) is 30.2. The maximum absolute atomic E-state index is 8.12. The Labute approximate surface area is 124 Å². The Morgan fingerprint density at radius 3 is 1.08 bits per heavy atom. The number of rotatable bonds is 0. The first-order chi connectivity index (χ1) is 3.83. The fourth-order valence-corrected chi connectivity index (χ4v) is 0. The van der Waals surface area contributed by atoms with Crippen LogP contribution in [0.2, 0.25) is 0 Å². The summed E-state index contributed by atoms with van der Waals surface area (Å²) in [6.45, 7) is 0. The maximum atomic E-state index is 8.12. The standard InChI is InChI=1S/CO2.4CH4.K.O2.H3P2/c2-1-3;;;;;;2*1-2/h;4*1H4;;;1H,2H2/q;;;;;+1;;-1/i;;;;;;;1D. The molecule has 0 aliphatic heterocycles. The summed E-state index contributed by atoms with van der Waals surface area (Å²) in [5.41, 5.74) is 0. The van der Waals surface area contributed by atoms with Crippen molar-refractivity contribution < 1.29 is 61.0 Å². The topological polar surface area (TPSA) is 68.3 Å². The van der Waals surface area contributed by atoms with Gasteiger partial charge >= 0.3 is 57.5 Å². The first-order valence-corrected chi connectivity index (χ1v) is 2.90. The molecule has 0 saturated heterocycles. The van der Waals surface area contributed by atoms with Crippen molar-refractivity contribution in [1.29, 1.82) is 1.28 Å². The number of carbonyl (C=O) groups excluding carboxylic acids is 2. The summed E-state index contributed by atoms with van der Waals surface area (Å²) in [6, 6.07) is 0. The molecule has 0 aromatic rings. The van der Waals surface area contributed by atoms with Crippen LogP contribution in [0.1, 0.15) is 29.7 Å². The minimum Gasteiger partial charge on any atom is -0.533 e. The van der Waals surface area contributed by atoms with Crippen molar-refractivity contribution in [3.8, 4) is 0 Å². The second kappa shape index (κ2) is 268. The zero-order valence-electron chi connectivity index (χ0n) is 5.16. The molecule has 1 unspecified atom stereocenters. The molecule has 0 aliphatic carbocycles.